The third-order valence-corrected chi connectivity index (χ3v) is 11.8. The SMILES string of the molecule is CC1(C)N=C(c2ccc(-c3cc(-c4ccccc4)cc(-c4ccc(C5=NC(C)(C)C(C)(C)N5c5ccccc5)nc4)n3)cn2)N(c2ccccc2)C1(C)C. The number of nitrogens with zero attached hydrogens (tertiary/aromatic N) is 7. The highest BCUT2D eigenvalue weighted by Gasteiger charge is 2.51. The van der Waals surface area contributed by atoms with E-state index in [9.17, 15) is 0 Å². The average molecular weight is 710 g/mol. The van der Waals surface area contributed by atoms with E-state index in [0.717, 1.165) is 68.1 Å². The lowest BCUT2D eigenvalue weighted by Crippen LogP contribution is -2.53. The Hall–Kier alpha value is -5.95. The molecule has 270 valence electrons. The largest absolute Gasteiger partial charge is 0.317 e. The van der Waals surface area contributed by atoms with Crippen LogP contribution in [-0.2, 0) is 0 Å². The molecule has 7 nitrogen and oxygen atoms in total. The topological polar surface area (TPSA) is 69.9 Å². The van der Waals surface area contributed by atoms with Crippen LogP contribution in [0.15, 0.2) is 150 Å². The molecule has 8 rings (SSSR count). The Morgan fingerprint density at radius 1 is 0.389 bits per heavy atom. The molecule has 0 N–H and O–H groups in total. The first kappa shape index (κ1) is 35.1. The molecule has 3 aromatic heterocycles. The predicted molar refractivity (Wildman–Crippen MR) is 223 cm³/mol. The summed E-state index contributed by atoms with van der Waals surface area (Å²) in [6.45, 7) is 17.7. The van der Waals surface area contributed by atoms with Gasteiger partial charge in [0.15, 0.2) is 11.7 Å². The Labute approximate surface area is 319 Å². The molecule has 54 heavy (non-hydrogen) atoms. The van der Waals surface area contributed by atoms with E-state index in [4.69, 9.17) is 24.9 Å². The molecular formula is C47H47N7. The predicted octanol–water partition coefficient (Wildman–Crippen LogP) is 10.5. The number of hydrogen-bond donors (Lipinski definition) is 0. The molecule has 2 aliphatic heterocycles. The van der Waals surface area contributed by atoms with Crippen molar-refractivity contribution in [3.05, 3.63) is 151 Å². The summed E-state index contributed by atoms with van der Waals surface area (Å²) < 4.78 is 0. The minimum absolute atomic E-state index is 0.259. The molecule has 0 saturated carbocycles. The van der Waals surface area contributed by atoms with Crippen molar-refractivity contribution in [2.24, 2.45) is 9.98 Å². The van der Waals surface area contributed by atoms with Crippen molar-refractivity contribution in [1.29, 1.82) is 0 Å². The van der Waals surface area contributed by atoms with Crippen LogP contribution in [0.3, 0.4) is 0 Å². The fraction of sp³-hybridized carbons (Fsp3) is 0.255. The Morgan fingerprint density at radius 2 is 0.778 bits per heavy atom. The van der Waals surface area contributed by atoms with Crippen molar-refractivity contribution in [3.63, 3.8) is 0 Å². The second-order valence-corrected chi connectivity index (χ2v) is 16.3. The van der Waals surface area contributed by atoms with Crippen LogP contribution in [-0.4, -0.2) is 48.8 Å². The minimum Gasteiger partial charge on any atom is -0.317 e. The van der Waals surface area contributed by atoms with E-state index in [1.54, 1.807) is 0 Å². The molecule has 6 aromatic rings. The summed E-state index contributed by atoms with van der Waals surface area (Å²) in [4.78, 5) is 30.3. The zero-order valence-electron chi connectivity index (χ0n) is 32.4. The molecule has 0 saturated heterocycles. The second kappa shape index (κ2) is 12.9. The summed E-state index contributed by atoms with van der Waals surface area (Å²) in [6.07, 6.45) is 3.84. The molecule has 3 aromatic carbocycles. The number of para-hydroxylation sites is 2. The van der Waals surface area contributed by atoms with Crippen molar-refractivity contribution in [2.45, 2.75) is 77.5 Å². The van der Waals surface area contributed by atoms with E-state index < -0.39 is 0 Å². The van der Waals surface area contributed by atoms with E-state index in [0.29, 0.717) is 0 Å². The van der Waals surface area contributed by atoms with Gasteiger partial charge in [0.2, 0.25) is 0 Å². The Bertz CT molecular complexity index is 2210. The second-order valence-electron chi connectivity index (χ2n) is 16.3. The van der Waals surface area contributed by atoms with E-state index in [1.807, 2.05) is 30.6 Å². The molecule has 5 heterocycles. The number of pyridine rings is 3. The Kier molecular flexibility index (Phi) is 8.36. The highest BCUT2D eigenvalue weighted by molar-refractivity contribution is 6.12. The molecule has 0 atom stereocenters. The van der Waals surface area contributed by atoms with E-state index in [-0.39, 0.29) is 22.2 Å². The maximum Gasteiger partial charge on any atom is 0.155 e. The highest BCUT2D eigenvalue weighted by atomic mass is 15.4. The monoisotopic (exact) mass is 709 g/mol. The molecule has 0 unspecified atom stereocenters. The van der Waals surface area contributed by atoms with Gasteiger partial charge in [-0.05, 0) is 127 Å². The number of rotatable bonds is 7. The van der Waals surface area contributed by atoms with Crippen molar-refractivity contribution in [3.8, 4) is 33.6 Å². The van der Waals surface area contributed by atoms with Crippen molar-refractivity contribution < 1.29 is 0 Å². The third-order valence-electron chi connectivity index (χ3n) is 11.8. The normalized spacial score (nSPS) is 18.0. The number of aromatic nitrogens is 3. The zero-order valence-corrected chi connectivity index (χ0v) is 32.4. The molecule has 0 spiro atoms. The van der Waals surface area contributed by atoms with Gasteiger partial charge in [-0.15, -0.1) is 0 Å². The van der Waals surface area contributed by atoms with Crippen LogP contribution in [0, 0.1) is 0 Å². The van der Waals surface area contributed by atoms with E-state index >= 15 is 0 Å². The molecule has 0 bridgehead atoms. The number of amidine groups is 2. The fourth-order valence-electron chi connectivity index (χ4n) is 7.35. The average Bonchev–Trinajstić information content (AvgIpc) is 3.50. The number of benzene rings is 3. The summed E-state index contributed by atoms with van der Waals surface area (Å²) in [6, 6.07) is 44.0. The van der Waals surface area contributed by atoms with Crippen LogP contribution in [0.25, 0.3) is 33.6 Å². The molecule has 0 aliphatic carbocycles. The lowest BCUT2D eigenvalue weighted by molar-refractivity contribution is 0.338. The van der Waals surface area contributed by atoms with Gasteiger partial charge in [-0.1, -0.05) is 66.7 Å². The first-order valence-corrected chi connectivity index (χ1v) is 18.7. The zero-order chi connectivity index (χ0) is 37.9. The third kappa shape index (κ3) is 5.88. The standard InChI is InChI=1S/C47H47N7/c1-44(2)46(5,6)53(36-20-14-10-15-21-36)42(51-44)38-26-24-33(30-48-38)40-28-35(32-18-12-9-13-19-32)29-41(50-40)34-25-27-39(49-31-34)43-52-45(3,4)47(7,8)54(43)37-22-16-11-17-23-37/h9-31H,1-8H3. The van der Waals surface area contributed by atoms with Crippen molar-refractivity contribution in [1.82, 2.24) is 15.0 Å². The van der Waals surface area contributed by atoms with Crippen LogP contribution < -0.4 is 9.80 Å². The fourth-order valence-corrected chi connectivity index (χ4v) is 7.35. The van der Waals surface area contributed by atoms with Crippen LogP contribution in [0.2, 0.25) is 0 Å². The van der Waals surface area contributed by atoms with Crippen molar-refractivity contribution >= 4 is 23.0 Å². The van der Waals surface area contributed by atoms with Gasteiger partial charge in [0.25, 0.3) is 0 Å². The van der Waals surface area contributed by atoms with Crippen LogP contribution in [0.5, 0.6) is 0 Å². The lowest BCUT2D eigenvalue weighted by Gasteiger charge is -2.41. The summed E-state index contributed by atoms with van der Waals surface area (Å²) in [7, 11) is 0. The van der Waals surface area contributed by atoms with Gasteiger partial charge < -0.3 is 9.80 Å². The van der Waals surface area contributed by atoms with E-state index in [2.05, 4.69) is 174 Å². The summed E-state index contributed by atoms with van der Waals surface area (Å²) >= 11 is 0. The highest BCUT2D eigenvalue weighted by Crippen LogP contribution is 2.43. The first-order valence-electron chi connectivity index (χ1n) is 18.7. The van der Waals surface area contributed by atoms with Crippen LogP contribution in [0.4, 0.5) is 11.4 Å². The number of hydrogen-bond acceptors (Lipinski definition) is 7. The lowest BCUT2D eigenvalue weighted by atomic mass is 9.83. The molecule has 0 amide bonds. The summed E-state index contributed by atoms with van der Waals surface area (Å²) in [5, 5.41) is 0. The molecule has 0 radical (unpaired) electrons. The minimum atomic E-state index is -0.320. The van der Waals surface area contributed by atoms with E-state index in [1.165, 1.54) is 0 Å². The maximum absolute atomic E-state index is 5.23. The molecule has 7 heteroatoms. The van der Waals surface area contributed by atoms with Gasteiger partial charge >= 0.3 is 0 Å². The Morgan fingerprint density at radius 3 is 1.15 bits per heavy atom. The maximum atomic E-state index is 5.23. The molecular weight excluding hydrogens is 663 g/mol. The van der Waals surface area contributed by atoms with Gasteiger partial charge in [0.1, 0.15) is 11.4 Å². The number of aliphatic imine (C=N–C) groups is 2. The smallest absolute Gasteiger partial charge is 0.155 e. The van der Waals surface area contributed by atoms with Crippen molar-refractivity contribution in [2.75, 3.05) is 9.80 Å². The molecule has 2 aliphatic rings. The van der Waals surface area contributed by atoms with Crippen LogP contribution in [0.1, 0.15) is 66.8 Å². The van der Waals surface area contributed by atoms with Gasteiger partial charge in [0, 0.05) is 34.9 Å². The Balaban J connectivity index is 1.16. The number of anilines is 2. The summed E-state index contributed by atoms with van der Waals surface area (Å²) in [5.41, 5.74) is 8.39. The van der Waals surface area contributed by atoms with Gasteiger partial charge in [-0.25, -0.2) is 4.98 Å². The first-order chi connectivity index (χ1) is 25.8. The summed E-state index contributed by atoms with van der Waals surface area (Å²) in [5.74, 6) is 1.73. The molecule has 0 fully saturated rings. The quantitative estimate of drug-likeness (QED) is 0.165. The van der Waals surface area contributed by atoms with Gasteiger partial charge in [0.05, 0.1) is 33.5 Å². The van der Waals surface area contributed by atoms with Crippen LogP contribution >= 0.6 is 0 Å². The van der Waals surface area contributed by atoms with Gasteiger partial charge in [-0.3, -0.25) is 20.0 Å². The van der Waals surface area contributed by atoms with Gasteiger partial charge in [-0.2, -0.15) is 0 Å².